The molecule has 8 heteroatoms. The van der Waals surface area contributed by atoms with E-state index < -0.39 is 32.4 Å². The van der Waals surface area contributed by atoms with Gasteiger partial charge in [-0.1, -0.05) is 24.3 Å². The number of nitriles is 1. The molecular formula is C20H17NO6S. The summed E-state index contributed by atoms with van der Waals surface area (Å²) in [7, 11) is -3.96. The summed E-state index contributed by atoms with van der Waals surface area (Å²) < 4.78 is 42.3. The van der Waals surface area contributed by atoms with Gasteiger partial charge in [-0.3, -0.25) is 4.79 Å². The molecule has 0 amide bonds. The van der Waals surface area contributed by atoms with E-state index in [4.69, 9.17) is 14.2 Å². The van der Waals surface area contributed by atoms with Crippen molar-refractivity contribution in [1.82, 2.24) is 0 Å². The molecule has 0 unspecified atom stereocenters. The van der Waals surface area contributed by atoms with Crippen molar-refractivity contribution in [1.29, 1.82) is 5.26 Å². The van der Waals surface area contributed by atoms with Gasteiger partial charge in [-0.2, -0.15) is 5.26 Å². The Morgan fingerprint density at radius 3 is 2.61 bits per heavy atom. The van der Waals surface area contributed by atoms with Crippen molar-refractivity contribution in [2.24, 2.45) is 5.41 Å². The topological polar surface area (TPSA) is 103 Å². The van der Waals surface area contributed by atoms with E-state index in [-0.39, 0.29) is 18.3 Å². The number of esters is 1. The molecule has 0 bridgehead atoms. The van der Waals surface area contributed by atoms with E-state index in [9.17, 15) is 18.5 Å². The summed E-state index contributed by atoms with van der Waals surface area (Å²) in [4.78, 5) is 12.8. The lowest BCUT2D eigenvalue weighted by Gasteiger charge is -2.09. The number of carbonyl (C=O) groups excluding carboxylic acids is 1. The van der Waals surface area contributed by atoms with Gasteiger partial charge in [-0.15, -0.1) is 0 Å². The molecule has 0 N–H and O–H groups in total. The third kappa shape index (κ3) is 2.54. The molecule has 3 atom stereocenters. The Morgan fingerprint density at radius 1 is 1.21 bits per heavy atom. The Bertz CT molecular complexity index is 1080. The Morgan fingerprint density at radius 2 is 1.93 bits per heavy atom. The first-order valence-corrected chi connectivity index (χ1v) is 10.3. The number of nitrogens with zero attached hydrogens (tertiary/aromatic N) is 1. The van der Waals surface area contributed by atoms with Crippen LogP contribution in [0, 0.1) is 16.7 Å². The largest absolute Gasteiger partial charge is 0.465 e. The van der Waals surface area contributed by atoms with Crippen LogP contribution in [0.25, 0.3) is 0 Å². The molecule has 7 nitrogen and oxygen atoms in total. The molecule has 1 saturated carbocycles. The normalized spacial score (nSPS) is 25.0. The third-order valence-corrected chi connectivity index (χ3v) is 7.33. The molecule has 0 saturated heterocycles. The smallest absolute Gasteiger partial charge is 0.328 e. The molecule has 0 aromatic heterocycles. The molecule has 2 aliphatic rings. The number of benzene rings is 2. The quantitative estimate of drug-likeness (QED) is 0.712. The van der Waals surface area contributed by atoms with E-state index in [1.54, 1.807) is 43.3 Å². The molecule has 28 heavy (non-hydrogen) atoms. The zero-order valence-electron chi connectivity index (χ0n) is 15.0. The summed E-state index contributed by atoms with van der Waals surface area (Å²) in [5, 5.41) is 8.64. The van der Waals surface area contributed by atoms with Crippen LogP contribution in [0.5, 0.6) is 11.5 Å². The van der Waals surface area contributed by atoms with Gasteiger partial charge in [0.05, 0.1) is 17.6 Å². The minimum Gasteiger partial charge on any atom is -0.465 e. The number of ether oxygens (including phenoxy) is 3. The first kappa shape index (κ1) is 18.3. The van der Waals surface area contributed by atoms with Crippen molar-refractivity contribution in [2.75, 3.05) is 13.4 Å². The number of rotatable bonds is 5. The fraction of sp³-hybridized carbons (Fsp3) is 0.300. The molecule has 144 valence electrons. The Hall–Kier alpha value is -3.05. The van der Waals surface area contributed by atoms with Crippen LogP contribution in [0.2, 0.25) is 0 Å². The lowest BCUT2D eigenvalue weighted by Crippen LogP contribution is -2.25. The van der Waals surface area contributed by atoms with Crippen LogP contribution in [0.15, 0.2) is 53.4 Å². The predicted octanol–water partition coefficient (Wildman–Crippen LogP) is 2.43. The molecule has 0 radical (unpaired) electrons. The lowest BCUT2D eigenvalue weighted by atomic mass is 10.0. The van der Waals surface area contributed by atoms with Crippen LogP contribution < -0.4 is 9.47 Å². The first-order chi connectivity index (χ1) is 13.5. The molecule has 0 spiro atoms. The van der Waals surface area contributed by atoms with Crippen LogP contribution in [-0.4, -0.2) is 33.0 Å². The zero-order valence-corrected chi connectivity index (χ0v) is 15.8. The monoisotopic (exact) mass is 399 g/mol. The minimum absolute atomic E-state index is 0.0498. The van der Waals surface area contributed by atoms with E-state index in [0.717, 1.165) is 0 Å². The second kappa shape index (κ2) is 6.53. The standard InChI is InChI=1S/C20H17NO6S/c1-2-25-19(22)20(11-21)17(13-8-9-15-16(10-13)27-12-26-15)18(20)28(23,24)14-6-4-3-5-7-14/h3-10,17-18H,2,12H2,1H3/t17-,18+,20+/m1/s1. The van der Waals surface area contributed by atoms with E-state index in [0.29, 0.717) is 17.1 Å². The average Bonchev–Trinajstić information content (AvgIpc) is 3.21. The van der Waals surface area contributed by atoms with E-state index >= 15 is 0 Å². The van der Waals surface area contributed by atoms with Gasteiger partial charge < -0.3 is 14.2 Å². The molecule has 1 aliphatic heterocycles. The van der Waals surface area contributed by atoms with Gasteiger partial charge in [0.2, 0.25) is 6.79 Å². The molecule has 1 fully saturated rings. The molecule has 1 aliphatic carbocycles. The maximum absolute atomic E-state index is 13.3. The summed E-state index contributed by atoms with van der Waals surface area (Å²) in [6, 6.07) is 14.7. The summed E-state index contributed by atoms with van der Waals surface area (Å²) in [6.45, 7) is 1.73. The number of sulfone groups is 1. The fourth-order valence-corrected chi connectivity index (χ4v) is 6.02. The van der Waals surface area contributed by atoms with Crippen molar-refractivity contribution in [3.05, 3.63) is 54.1 Å². The summed E-state index contributed by atoms with van der Waals surface area (Å²) in [6.07, 6.45) is 0. The maximum Gasteiger partial charge on any atom is 0.328 e. The first-order valence-electron chi connectivity index (χ1n) is 8.73. The highest BCUT2D eigenvalue weighted by Crippen LogP contribution is 2.65. The lowest BCUT2D eigenvalue weighted by molar-refractivity contribution is -0.147. The van der Waals surface area contributed by atoms with Crippen LogP contribution in [0.1, 0.15) is 18.4 Å². The van der Waals surface area contributed by atoms with Crippen LogP contribution in [-0.2, 0) is 19.4 Å². The highest BCUT2D eigenvalue weighted by molar-refractivity contribution is 7.92. The number of carbonyl (C=O) groups is 1. The summed E-state index contributed by atoms with van der Waals surface area (Å²) in [5.41, 5.74) is -1.29. The highest BCUT2D eigenvalue weighted by Gasteiger charge is 2.77. The highest BCUT2D eigenvalue weighted by atomic mass is 32.2. The SMILES string of the molecule is CCOC(=O)[C@@]1(C#N)[C@H](c2ccc3c(c2)OCO3)[C@@H]1S(=O)(=O)c1ccccc1. The molecule has 2 aromatic carbocycles. The van der Waals surface area contributed by atoms with Crippen molar-refractivity contribution >= 4 is 15.8 Å². The van der Waals surface area contributed by atoms with Gasteiger partial charge >= 0.3 is 5.97 Å². The molecular weight excluding hydrogens is 382 g/mol. The third-order valence-electron chi connectivity index (χ3n) is 5.09. The fourth-order valence-electron chi connectivity index (χ4n) is 3.75. The van der Waals surface area contributed by atoms with Crippen molar-refractivity contribution in [3.8, 4) is 17.6 Å². The molecule has 4 rings (SSSR count). The Balaban J connectivity index is 1.83. The second-order valence-corrected chi connectivity index (χ2v) is 8.64. The molecule has 1 heterocycles. The van der Waals surface area contributed by atoms with Gasteiger partial charge in [-0.05, 0) is 36.8 Å². The van der Waals surface area contributed by atoms with Gasteiger partial charge in [0, 0.05) is 5.92 Å². The number of hydrogen-bond donors (Lipinski definition) is 0. The van der Waals surface area contributed by atoms with E-state index in [2.05, 4.69) is 0 Å². The number of hydrogen-bond acceptors (Lipinski definition) is 7. The van der Waals surface area contributed by atoms with Gasteiger partial charge in [-0.25, -0.2) is 8.42 Å². The zero-order chi connectivity index (χ0) is 19.9. The van der Waals surface area contributed by atoms with E-state index in [1.807, 2.05) is 6.07 Å². The molecule has 2 aromatic rings. The van der Waals surface area contributed by atoms with E-state index in [1.165, 1.54) is 12.1 Å². The van der Waals surface area contributed by atoms with Crippen molar-refractivity contribution < 1.29 is 27.4 Å². The minimum atomic E-state index is -3.96. The average molecular weight is 399 g/mol. The number of fused-ring (bicyclic) bond motifs is 1. The van der Waals surface area contributed by atoms with Crippen LogP contribution >= 0.6 is 0 Å². The van der Waals surface area contributed by atoms with Crippen molar-refractivity contribution in [2.45, 2.75) is 23.0 Å². The Labute approximate surface area is 162 Å². The predicted molar refractivity (Wildman–Crippen MR) is 97.4 cm³/mol. The second-order valence-electron chi connectivity index (χ2n) is 6.57. The van der Waals surface area contributed by atoms with Crippen LogP contribution in [0.4, 0.5) is 0 Å². The maximum atomic E-state index is 13.3. The van der Waals surface area contributed by atoms with Gasteiger partial charge in [0.15, 0.2) is 26.8 Å². The van der Waals surface area contributed by atoms with Crippen molar-refractivity contribution in [3.63, 3.8) is 0 Å². The Kier molecular flexibility index (Phi) is 4.27. The van der Waals surface area contributed by atoms with Gasteiger partial charge in [0.25, 0.3) is 0 Å². The summed E-state index contributed by atoms with van der Waals surface area (Å²) >= 11 is 0. The van der Waals surface area contributed by atoms with Gasteiger partial charge in [0.1, 0.15) is 5.25 Å². The van der Waals surface area contributed by atoms with Crippen LogP contribution in [0.3, 0.4) is 0 Å². The summed E-state index contributed by atoms with van der Waals surface area (Å²) in [5.74, 6) is -0.706.